The number of hydrogen-bond acceptors (Lipinski definition) is 7. The van der Waals surface area contributed by atoms with Crippen molar-refractivity contribution in [3.63, 3.8) is 0 Å². The van der Waals surface area contributed by atoms with E-state index < -0.39 is 6.04 Å². The van der Waals surface area contributed by atoms with Crippen LogP contribution < -0.4 is 14.8 Å². The molecule has 208 valence electrons. The van der Waals surface area contributed by atoms with Crippen LogP contribution in [0, 0.1) is 0 Å². The maximum absolute atomic E-state index is 13.3. The number of fused-ring (bicyclic) bond motifs is 5. The number of likely N-dealkylation sites (N-methyl/N-ethyl adjacent to an activating group) is 1. The lowest BCUT2D eigenvalue weighted by Crippen LogP contribution is -2.58. The van der Waals surface area contributed by atoms with Crippen molar-refractivity contribution in [1.82, 2.24) is 20.1 Å². The number of ether oxygens (including phenoxy) is 3. The topological polar surface area (TPSA) is 110 Å². The summed E-state index contributed by atoms with van der Waals surface area (Å²) in [5.41, 5.74) is 1.57. The molecule has 2 atom stereocenters. The molecule has 2 aliphatic heterocycles. The van der Waals surface area contributed by atoms with Crippen molar-refractivity contribution in [2.45, 2.75) is 32.1 Å². The van der Waals surface area contributed by atoms with Crippen LogP contribution in [0.25, 0.3) is 0 Å². The fourth-order valence-corrected chi connectivity index (χ4v) is 4.91. The molecule has 10 nitrogen and oxygen atoms in total. The van der Waals surface area contributed by atoms with Crippen molar-refractivity contribution < 1.29 is 28.6 Å². The molecule has 40 heavy (non-hydrogen) atoms. The Balaban J connectivity index is 1.42. The highest BCUT2D eigenvalue weighted by Gasteiger charge is 2.34. The summed E-state index contributed by atoms with van der Waals surface area (Å²) in [6.45, 7) is 3.12. The summed E-state index contributed by atoms with van der Waals surface area (Å²) in [7, 11) is 1.56. The zero-order valence-corrected chi connectivity index (χ0v) is 22.5. The Morgan fingerprint density at radius 2 is 1.98 bits per heavy atom. The number of amides is 3. The Morgan fingerprint density at radius 1 is 1.10 bits per heavy atom. The normalized spacial score (nSPS) is 19.8. The third kappa shape index (κ3) is 6.40. The summed E-state index contributed by atoms with van der Waals surface area (Å²) < 4.78 is 18.1. The molecular weight excluding hydrogens is 512 g/mol. The summed E-state index contributed by atoms with van der Waals surface area (Å²) in [5, 5.41) is 3.01. The number of nitrogens with one attached hydrogen (secondary N) is 1. The molecule has 2 aromatic carbocycles. The average molecular weight is 545 g/mol. The average Bonchev–Trinajstić information content (AvgIpc) is 2.96. The van der Waals surface area contributed by atoms with Gasteiger partial charge in [0.15, 0.2) is 0 Å². The van der Waals surface area contributed by atoms with Gasteiger partial charge < -0.3 is 29.3 Å². The zero-order valence-electron chi connectivity index (χ0n) is 22.5. The van der Waals surface area contributed by atoms with Gasteiger partial charge in [0.1, 0.15) is 22.9 Å². The zero-order chi connectivity index (χ0) is 28.1. The van der Waals surface area contributed by atoms with E-state index in [0.717, 1.165) is 5.56 Å². The Bertz CT molecular complexity index is 1380. The predicted molar refractivity (Wildman–Crippen MR) is 146 cm³/mol. The highest BCUT2D eigenvalue weighted by atomic mass is 16.5. The van der Waals surface area contributed by atoms with E-state index in [1.165, 1.54) is 4.90 Å². The van der Waals surface area contributed by atoms with Gasteiger partial charge in [0, 0.05) is 38.0 Å². The molecule has 1 N–H and O–H groups in total. The minimum absolute atomic E-state index is 0.176. The number of carbonyl (C=O) groups excluding carboxylic acids is 3. The van der Waals surface area contributed by atoms with Gasteiger partial charge in [-0.25, -0.2) is 0 Å². The number of aromatic nitrogens is 1. The van der Waals surface area contributed by atoms with Crippen molar-refractivity contribution in [2.24, 2.45) is 0 Å². The van der Waals surface area contributed by atoms with Crippen LogP contribution >= 0.6 is 0 Å². The molecule has 0 spiro atoms. The highest BCUT2D eigenvalue weighted by Crippen LogP contribution is 2.29. The summed E-state index contributed by atoms with van der Waals surface area (Å²) in [6, 6.07) is 17.2. The lowest BCUT2D eigenvalue weighted by atomic mass is 10.0. The molecule has 2 aliphatic rings. The number of benzene rings is 2. The van der Waals surface area contributed by atoms with Crippen LogP contribution in [0.15, 0.2) is 66.9 Å². The molecular formula is C30H32N4O6. The largest absolute Gasteiger partial charge is 0.494 e. The lowest BCUT2D eigenvalue weighted by Gasteiger charge is -2.39. The van der Waals surface area contributed by atoms with Crippen molar-refractivity contribution in [3.8, 4) is 17.2 Å². The van der Waals surface area contributed by atoms with E-state index >= 15 is 0 Å². The molecule has 0 saturated carbocycles. The van der Waals surface area contributed by atoms with E-state index in [-0.39, 0.29) is 36.9 Å². The first kappa shape index (κ1) is 27.1. The molecule has 3 heterocycles. The van der Waals surface area contributed by atoms with Gasteiger partial charge in [0.2, 0.25) is 5.91 Å². The third-order valence-electron chi connectivity index (χ3n) is 6.83. The highest BCUT2D eigenvalue weighted by molar-refractivity contribution is 5.97. The number of hydrogen-bond donors (Lipinski definition) is 1. The fraction of sp³-hybridized carbons (Fsp3) is 0.333. The fourth-order valence-electron chi connectivity index (χ4n) is 4.91. The van der Waals surface area contributed by atoms with Crippen molar-refractivity contribution in [3.05, 3.63) is 83.7 Å². The quantitative estimate of drug-likeness (QED) is 0.539. The predicted octanol–water partition coefficient (Wildman–Crippen LogP) is 3.27. The molecule has 1 saturated heterocycles. The standard InChI is InChI=1S/C30H32N4O6/c1-3-38-23-14-21-15-24(16-23)40-22-8-6-7-20(13-22)19-39-27-10-12-34(30(37)25-9-4-5-11-31-25)17-26(27)32-28(35)18-33(2)29(21)36/h4-9,11,13-16,26-27H,3,10,12,17-19H2,1-2H3,(H,32,35)/t26-,27+/m0/s1. The summed E-state index contributed by atoms with van der Waals surface area (Å²) >= 11 is 0. The van der Waals surface area contributed by atoms with Crippen LogP contribution in [0.2, 0.25) is 0 Å². The Morgan fingerprint density at radius 3 is 2.77 bits per heavy atom. The third-order valence-corrected chi connectivity index (χ3v) is 6.83. The van der Waals surface area contributed by atoms with Crippen molar-refractivity contribution in [2.75, 3.05) is 33.3 Å². The molecule has 3 aromatic rings. The van der Waals surface area contributed by atoms with Gasteiger partial charge in [0.05, 0.1) is 31.9 Å². The second-order valence-corrected chi connectivity index (χ2v) is 9.82. The van der Waals surface area contributed by atoms with E-state index in [9.17, 15) is 14.4 Å². The number of pyridine rings is 1. The molecule has 0 aliphatic carbocycles. The van der Waals surface area contributed by atoms with E-state index in [2.05, 4.69) is 10.3 Å². The Labute approximate surface area is 232 Å². The summed E-state index contributed by atoms with van der Waals surface area (Å²) in [6.07, 6.45) is 1.77. The second kappa shape index (κ2) is 12.2. The van der Waals surface area contributed by atoms with Gasteiger partial charge in [0.25, 0.3) is 11.8 Å². The van der Waals surface area contributed by atoms with Crippen molar-refractivity contribution >= 4 is 17.7 Å². The number of nitrogens with zero attached hydrogens (tertiary/aromatic N) is 3. The van der Waals surface area contributed by atoms with E-state index in [1.807, 2.05) is 31.2 Å². The second-order valence-electron chi connectivity index (χ2n) is 9.82. The van der Waals surface area contributed by atoms with Crippen LogP contribution in [-0.4, -0.2) is 77.9 Å². The summed E-state index contributed by atoms with van der Waals surface area (Å²) in [5.74, 6) is 0.613. The first-order chi connectivity index (χ1) is 19.4. The number of carbonyl (C=O) groups is 3. The van der Waals surface area contributed by atoms with Gasteiger partial charge in [-0.2, -0.15) is 0 Å². The van der Waals surface area contributed by atoms with Crippen LogP contribution in [-0.2, 0) is 16.1 Å². The number of rotatable bonds is 3. The minimum atomic E-state index is -0.474. The van der Waals surface area contributed by atoms with E-state index in [0.29, 0.717) is 54.7 Å². The van der Waals surface area contributed by atoms with Gasteiger partial charge in [-0.1, -0.05) is 18.2 Å². The SMILES string of the molecule is CCOc1cc2cc(c1)C(=O)N(C)CC(=O)N[C@H]1CN(C(=O)c3ccccn3)CC[C@H]1OCc1cccc(c1)O2. The smallest absolute Gasteiger partial charge is 0.272 e. The number of likely N-dealkylation sites (tertiary alicyclic amines) is 1. The molecule has 3 amide bonds. The first-order valence-corrected chi connectivity index (χ1v) is 13.3. The van der Waals surface area contributed by atoms with Gasteiger partial charge in [-0.05, 0) is 55.3 Å². The monoisotopic (exact) mass is 544 g/mol. The minimum Gasteiger partial charge on any atom is -0.494 e. The van der Waals surface area contributed by atoms with E-state index in [4.69, 9.17) is 14.2 Å². The molecule has 4 bridgehead atoms. The first-order valence-electron chi connectivity index (χ1n) is 13.3. The van der Waals surface area contributed by atoms with Crippen LogP contribution in [0.1, 0.15) is 39.8 Å². The molecule has 10 heteroatoms. The van der Waals surface area contributed by atoms with Crippen molar-refractivity contribution in [1.29, 1.82) is 0 Å². The van der Waals surface area contributed by atoms with Crippen LogP contribution in [0.4, 0.5) is 0 Å². The van der Waals surface area contributed by atoms with Gasteiger partial charge >= 0.3 is 0 Å². The van der Waals surface area contributed by atoms with Crippen LogP contribution in [0.3, 0.4) is 0 Å². The van der Waals surface area contributed by atoms with Gasteiger partial charge in [-0.15, -0.1) is 0 Å². The molecule has 5 rings (SSSR count). The van der Waals surface area contributed by atoms with Crippen LogP contribution in [0.5, 0.6) is 17.2 Å². The maximum atomic E-state index is 13.3. The Kier molecular flexibility index (Phi) is 8.26. The summed E-state index contributed by atoms with van der Waals surface area (Å²) in [4.78, 5) is 46.7. The van der Waals surface area contributed by atoms with E-state index in [1.54, 1.807) is 54.5 Å². The maximum Gasteiger partial charge on any atom is 0.272 e. The number of piperidine rings is 1. The molecule has 0 radical (unpaired) electrons. The molecule has 1 aromatic heterocycles. The molecule has 0 unspecified atom stereocenters. The van der Waals surface area contributed by atoms with Gasteiger partial charge in [-0.3, -0.25) is 19.4 Å². The Hall–Kier alpha value is -4.44. The molecule has 1 fully saturated rings. The lowest BCUT2D eigenvalue weighted by molar-refractivity contribution is -0.124.